The number of methoxy groups -OCH3 is 1. The van der Waals surface area contributed by atoms with Gasteiger partial charge in [-0.3, -0.25) is 4.79 Å². The Morgan fingerprint density at radius 1 is 1.56 bits per heavy atom. The number of halogens is 1. The Kier molecular flexibility index (Phi) is 4.56. The molecule has 1 aromatic carbocycles. The predicted octanol–water partition coefficient (Wildman–Crippen LogP) is 3.04. The quantitative estimate of drug-likeness (QED) is 0.853. The van der Waals surface area contributed by atoms with Crippen LogP contribution in [0.1, 0.15) is 16.8 Å². The minimum absolute atomic E-state index is 0.0493. The summed E-state index contributed by atoms with van der Waals surface area (Å²) in [6.07, 6.45) is 1.08. The molecule has 1 unspecified atom stereocenters. The van der Waals surface area contributed by atoms with Gasteiger partial charge in [-0.15, -0.1) is 0 Å². The van der Waals surface area contributed by atoms with E-state index in [0.717, 1.165) is 22.4 Å². The van der Waals surface area contributed by atoms with Crippen LogP contribution in [0.5, 0.6) is 5.75 Å². The molecule has 2 rings (SSSR count). The number of benzene rings is 1. The summed E-state index contributed by atoms with van der Waals surface area (Å²) in [5.74, 6) is 2.93. The monoisotopic (exact) mass is 329 g/mol. The van der Waals surface area contributed by atoms with Crippen molar-refractivity contribution in [1.82, 2.24) is 4.90 Å². The average molecular weight is 330 g/mol. The van der Waals surface area contributed by atoms with E-state index in [1.165, 1.54) is 0 Å². The lowest BCUT2D eigenvalue weighted by Gasteiger charge is -2.24. The van der Waals surface area contributed by atoms with Gasteiger partial charge in [0.2, 0.25) is 0 Å². The second-order valence-corrected chi connectivity index (χ2v) is 6.28. The SMILES string of the molecule is COc1ccc(Br)c(C(=O)N(C)C2CCSC2)c1. The van der Waals surface area contributed by atoms with Crippen LogP contribution in [0.2, 0.25) is 0 Å². The van der Waals surface area contributed by atoms with Crippen molar-refractivity contribution in [3.8, 4) is 5.75 Å². The second-order valence-electron chi connectivity index (χ2n) is 4.28. The number of amides is 1. The molecular formula is C13H16BrNO2S. The first kappa shape index (κ1) is 13.7. The summed E-state index contributed by atoms with van der Waals surface area (Å²) in [5, 5.41) is 0. The first-order valence-electron chi connectivity index (χ1n) is 5.82. The molecule has 18 heavy (non-hydrogen) atoms. The number of hydrogen-bond acceptors (Lipinski definition) is 3. The highest BCUT2D eigenvalue weighted by Crippen LogP contribution is 2.27. The minimum Gasteiger partial charge on any atom is -0.497 e. The summed E-state index contributed by atoms with van der Waals surface area (Å²) in [6, 6.07) is 5.82. The predicted molar refractivity (Wildman–Crippen MR) is 78.5 cm³/mol. The molecule has 1 saturated heterocycles. The Morgan fingerprint density at radius 3 is 2.94 bits per heavy atom. The highest BCUT2D eigenvalue weighted by atomic mass is 79.9. The number of nitrogens with zero attached hydrogens (tertiary/aromatic N) is 1. The fourth-order valence-corrected chi connectivity index (χ4v) is 3.66. The van der Waals surface area contributed by atoms with E-state index < -0.39 is 0 Å². The van der Waals surface area contributed by atoms with E-state index in [2.05, 4.69) is 15.9 Å². The van der Waals surface area contributed by atoms with Gasteiger partial charge in [-0.1, -0.05) is 0 Å². The molecule has 0 spiro atoms. The Hall–Kier alpha value is -0.680. The summed E-state index contributed by atoms with van der Waals surface area (Å²) in [4.78, 5) is 14.3. The minimum atomic E-state index is 0.0493. The van der Waals surface area contributed by atoms with Crippen LogP contribution in [0.4, 0.5) is 0 Å². The highest BCUT2D eigenvalue weighted by Gasteiger charge is 2.25. The van der Waals surface area contributed by atoms with Gasteiger partial charge in [0.1, 0.15) is 5.75 Å². The van der Waals surface area contributed by atoms with E-state index in [0.29, 0.717) is 17.4 Å². The zero-order chi connectivity index (χ0) is 13.1. The maximum absolute atomic E-state index is 12.5. The van der Waals surface area contributed by atoms with E-state index in [1.54, 1.807) is 13.2 Å². The molecule has 0 saturated carbocycles. The largest absolute Gasteiger partial charge is 0.497 e. The first-order valence-corrected chi connectivity index (χ1v) is 7.76. The van der Waals surface area contributed by atoms with Crippen LogP contribution in [0.3, 0.4) is 0 Å². The molecule has 1 aromatic rings. The van der Waals surface area contributed by atoms with Gasteiger partial charge in [-0.05, 0) is 46.3 Å². The van der Waals surface area contributed by atoms with Gasteiger partial charge in [0.05, 0.1) is 12.7 Å². The molecule has 0 aromatic heterocycles. The summed E-state index contributed by atoms with van der Waals surface area (Å²) in [5.41, 5.74) is 0.661. The molecule has 0 radical (unpaired) electrons. The summed E-state index contributed by atoms with van der Waals surface area (Å²) >= 11 is 5.33. The van der Waals surface area contributed by atoms with Crippen molar-refractivity contribution in [3.63, 3.8) is 0 Å². The third-order valence-corrected chi connectivity index (χ3v) is 5.01. The van der Waals surface area contributed by atoms with Gasteiger partial charge >= 0.3 is 0 Å². The van der Waals surface area contributed by atoms with Gasteiger partial charge in [-0.25, -0.2) is 0 Å². The van der Waals surface area contributed by atoms with Crippen LogP contribution >= 0.6 is 27.7 Å². The standard InChI is InChI=1S/C13H16BrNO2S/c1-15(9-5-6-18-8-9)13(16)11-7-10(17-2)3-4-12(11)14/h3-4,7,9H,5-6,8H2,1-2H3. The molecule has 98 valence electrons. The van der Waals surface area contributed by atoms with Crippen molar-refractivity contribution in [2.45, 2.75) is 12.5 Å². The molecule has 5 heteroatoms. The molecule has 1 atom stereocenters. The van der Waals surface area contributed by atoms with Gasteiger partial charge in [0, 0.05) is 23.3 Å². The third-order valence-electron chi connectivity index (χ3n) is 3.18. The van der Waals surface area contributed by atoms with Crippen molar-refractivity contribution >= 4 is 33.6 Å². The maximum atomic E-state index is 12.5. The fraction of sp³-hybridized carbons (Fsp3) is 0.462. The lowest BCUT2D eigenvalue weighted by Crippen LogP contribution is -2.37. The smallest absolute Gasteiger partial charge is 0.255 e. The van der Waals surface area contributed by atoms with Gasteiger partial charge < -0.3 is 9.64 Å². The van der Waals surface area contributed by atoms with E-state index in [4.69, 9.17) is 4.74 Å². The Labute approximate surface area is 120 Å². The molecule has 1 fully saturated rings. The zero-order valence-corrected chi connectivity index (χ0v) is 12.9. The number of ether oxygens (including phenoxy) is 1. The summed E-state index contributed by atoms with van der Waals surface area (Å²) in [7, 11) is 3.49. The molecule has 0 bridgehead atoms. The highest BCUT2D eigenvalue weighted by molar-refractivity contribution is 9.10. The van der Waals surface area contributed by atoms with Crippen LogP contribution < -0.4 is 4.74 Å². The number of thioether (sulfide) groups is 1. The van der Waals surface area contributed by atoms with Crippen molar-refractivity contribution in [2.24, 2.45) is 0 Å². The van der Waals surface area contributed by atoms with E-state index >= 15 is 0 Å². The van der Waals surface area contributed by atoms with Crippen molar-refractivity contribution < 1.29 is 9.53 Å². The lowest BCUT2D eigenvalue weighted by atomic mass is 10.1. The second kappa shape index (κ2) is 5.97. The molecule has 1 aliphatic heterocycles. The summed E-state index contributed by atoms with van der Waals surface area (Å²) < 4.78 is 5.98. The van der Waals surface area contributed by atoms with Crippen molar-refractivity contribution in [2.75, 3.05) is 25.7 Å². The molecule has 1 heterocycles. The van der Waals surface area contributed by atoms with Crippen LogP contribution in [-0.2, 0) is 0 Å². The van der Waals surface area contributed by atoms with Crippen LogP contribution in [0, 0.1) is 0 Å². The Morgan fingerprint density at radius 2 is 2.33 bits per heavy atom. The fourth-order valence-electron chi connectivity index (χ4n) is 1.98. The van der Waals surface area contributed by atoms with E-state index in [9.17, 15) is 4.79 Å². The molecule has 0 aliphatic carbocycles. The van der Waals surface area contributed by atoms with E-state index in [-0.39, 0.29) is 5.91 Å². The van der Waals surface area contributed by atoms with Crippen LogP contribution in [-0.4, -0.2) is 42.5 Å². The Bertz CT molecular complexity index is 447. The maximum Gasteiger partial charge on any atom is 0.255 e. The topological polar surface area (TPSA) is 29.5 Å². The molecule has 1 amide bonds. The van der Waals surface area contributed by atoms with Crippen LogP contribution in [0.15, 0.2) is 22.7 Å². The lowest BCUT2D eigenvalue weighted by molar-refractivity contribution is 0.0746. The van der Waals surface area contributed by atoms with Gasteiger partial charge in [0.15, 0.2) is 0 Å². The summed E-state index contributed by atoms with van der Waals surface area (Å²) in [6.45, 7) is 0. The average Bonchev–Trinajstić information content (AvgIpc) is 2.91. The Balaban J connectivity index is 2.21. The van der Waals surface area contributed by atoms with Crippen molar-refractivity contribution in [3.05, 3.63) is 28.2 Å². The van der Waals surface area contributed by atoms with Gasteiger partial charge in [0.25, 0.3) is 5.91 Å². The number of carbonyl (C=O) groups is 1. The molecule has 1 aliphatic rings. The molecule has 0 N–H and O–H groups in total. The normalized spacial score (nSPS) is 18.7. The molecular weight excluding hydrogens is 314 g/mol. The van der Waals surface area contributed by atoms with Gasteiger partial charge in [-0.2, -0.15) is 11.8 Å². The van der Waals surface area contributed by atoms with Crippen LogP contribution in [0.25, 0.3) is 0 Å². The van der Waals surface area contributed by atoms with E-state index in [1.807, 2.05) is 35.8 Å². The molecule has 3 nitrogen and oxygen atoms in total. The van der Waals surface area contributed by atoms with Crippen molar-refractivity contribution in [1.29, 1.82) is 0 Å². The first-order chi connectivity index (χ1) is 8.63. The number of carbonyl (C=O) groups excluding carboxylic acids is 1. The zero-order valence-electron chi connectivity index (χ0n) is 10.5. The third kappa shape index (κ3) is 2.83. The number of rotatable bonds is 3. The number of hydrogen-bond donors (Lipinski definition) is 0.